The Morgan fingerprint density at radius 1 is 0.981 bits per heavy atom. The lowest BCUT2D eigenvalue weighted by atomic mass is 9.83. The fourth-order valence-corrected chi connectivity index (χ4v) is 10.1. The summed E-state index contributed by atoms with van der Waals surface area (Å²) in [5, 5.41) is 30.1. The Kier molecular flexibility index (Phi) is 8.72. The van der Waals surface area contributed by atoms with Crippen molar-refractivity contribution in [2.45, 2.75) is 17.4 Å². The van der Waals surface area contributed by atoms with Crippen molar-refractivity contribution in [1.29, 1.82) is 10.5 Å². The van der Waals surface area contributed by atoms with Gasteiger partial charge in [0.2, 0.25) is 18.8 Å². The summed E-state index contributed by atoms with van der Waals surface area (Å²) in [4.78, 5) is 14.0. The number of hydrogen-bond donors (Lipinski definition) is 1. The van der Waals surface area contributed by atoms with Crippen molar-refractivity contribution in [3.05, 3.63) is 117 Å². The van der Waals surface area contributed by atoms with Gasteiger partial charge in [-0.15, -0.1) is 0 Å². The van der Waals surface area contributed by atoms with Gasteiger partial charge in [-0.05, 0) is 29.3 Å². The average molecular weight is 770 g/mol. The van der Waals surface area contributed by atoms with Gasteiger partial charge in [0.05, 0.1) is 18.7 Å². The van der Waals surface area contributed by atoms with E-state index in [-0.39, 0.29) is 38.5 Å². The molecule has 3 aromatic carbocycles. The molecule has 1 aliphatic carbocycles. The number of halogens is 7. The number of alkyl halides is 4. The van der Waals surface area contributed by atoms with Crippen LogP contribution in [0.15, 0.2) is 77.6 Å². The van der Waals surface area contributed by atoms with Gasteiger partial charge in [-0.2, -0.15) is 19.3 Å². The third kappa shape index (κ3) is 5.56. The Bertz CT molecular complexity index is 2400. The Hall–Kier alpha value is -5.54. The van der Waals surface area contributed by atoms with Gasteiger partial charge in [-0.1, -0.05) is 36.4 Å². The van der Waals surface area contributed by atoms with Gasteiger partial charge in [0.25, 0.3) is 11.5 Å². The van der Waals surface area contributed by atoms with Crippen LogP contribution >= 0.6 is 7.14 Å². The van der Waals surface area contributed by atoms with Crippen LogP contribution in [0.1, 0.15) is 27.0 Å². The lowest BCUT2D eigenvalue weighted by molar-refractivity contribution is -0.638. The van der Waals surface area contributed by atoms with Crippen LogP contribution in [-0.4, -0.2) is 73.3 Å². The number of carboxylic acid groups (broad SMARTS) is 1. The molecule has 1 unspecified atom stereocenters. The SMILES string of the molecule is COCOC(C#N)(C#N)c1c(F)c(F)c(C(=O)O)c(C2=C3C=CC(=[N+]4CC(F)(F)C4)C=C3P(=O)(c3ccccc3)c3cc(N4CC(F)(F)C4)ccc32)c1F. The maximum atomic E-state index is 17.3. The molecule has 1 N–H and O–H groups in total. The molecule has 0 bridgehead atoms. The highest BCUT2D eigenvalue weighted by Crippen LogP contribution is 2.62. The highest BCUT2D eigenvalue weighted by atomic mass is 31.2. The molecule has 9 nitrogen and oxygen atoms in total. The van der Waals surface area contributed by atoms with E-state index in [1.54, 1.807) is 18.2 Å². The Labute approximate surface area is 302 Å². The van der Waals surface area contributed by atoms with Gasteiger partial charge in [0.15, 0.2) is 18.8 Å². The fourth-order valence-electron chi connectivity index (χ4n) is 7.05. The Balaban J connectivity index is 1.63. The summed E-state index contributed by atoms with van der Waals surface area (Å²) in [6.07, 6.45) is 3.86. The number of nitriles is 2. The summed E-state index contributed by atoms with van der Waals surface area (Å²) in [5.74, 6) is -14.5. The summed E-state index contributed by atoms with van der Waals surface area (Å²) < 4.78 is 132. The first kappa shape index (κ1) is 36.8. The molecular formula is C37H25F7N4O5P+. The molecule has 4 aliphatic rings. The number of benzene rings is 3. The van der Waals surface area contributed by atoms with Crippen LogP contribution in [0.5, 0.6) is 0 Å². The van der Waals surface area contributed by atoms with E-state index in [9.17, 15) is 38.0 Å². The molecule has 0 saturated carbocycles. The maximum Gasteiger partial charge on any atom is 0.361 e. The minimum absolute atomic E-state index is 0.142. The number of carbonyl (C=O) groups is 1. The van der Waals surface area contributed by atoms with Crippen molar-refractivity contribution in [3.63, 3.8) is 0 Å². The van der Waals surface area contributed by atoms with Crippen molar-refractivity contribution in [3.8, 4) is 12.1 Å². The molecule has 7 rings (SSSR count). The van der Waals surface area contributed by atoms with Crippen LogP contribution in [0.25, 0.3) is 5.57 Å². The first-order valence-corrected chi connectivity index (χ1v) is 17.7. The van der Waals surface area contributed by atoms with Crippen molar-refractivity contribution in [1.82, 2.24) is 0 Å². The molecular weight excluding hydrogens is 744 g/mol. The predicted octanol–water partition coefficient (Wildman–Crippen LogP) is 5.81. The molecule has 17 heteroatoms. The number of allylic oxidation sites excluding steroid dienone is 5. The van der Waals surface area contributed by atoms with Crippen LogP contribution in [-0.2, 0) is 19.6 Å². The first-order valence-electron chi connectivity index (χ1n) is 16.0. The van der Waals surface area contributed by atoms with Crippen molar-refractivity contribution < 1.29 is 59.2 Å². The second-order valence-electron chi connectivity index (χ2n) is 13.0. The van der Waals surface area contributed by atoms with E-state index >= 15 is 17.7 Å². The summed E-state index contributed by atoms with van der Waals surface area (Å²) in [6, 6.07) is 14.2. The van der Waals surface area contributed by atoms with Crippen molar-refractivity contribution >= 4 is 40.7 Å². The molecule has 3 aliphatic heterocycles. The normalized spacial score (nSPS) is 20.9. The van der Waals surface area contributed by atoms with Crippen LogP contribution in [0, 0.1) is 40.1 Å². The van der Waals surface area contributed by atoms with Crippen molar-refractivity contribution in [2.24, 2.45) is 0 Å². The van der Waals surface area contributed by atoms with E-state index in [4.69, 9.17) is 9.47 Å². The van der Waals surface area contributed by atoms with Crippen LogP contribution in [0.3, 0.4) is 0 Å². The molecule has 0 radical (unpaired) electrons. The smallest absolute Gasteiger partial charge is 0.361 e. The van der Waals surface area contributed by atoms with Crippen molar-refractivity contribution in [2.75, 3.05) is 45.0 Å². The Morgan fingerprint density at radius 2 is 1.65 bits per heavy atom. The predicted molar refractivity (Wildman–Crippen MR) is 179 cm³/mol. The fraction of sp³-hybridized carbons (Fsp3) is 0.243. The molecule has 3 heterocycles. The van der Waals surface area contributed by atoms with E-state index < -0.39 is 103 Å². The standard InChI is InChI=1S/C37H24F7N4O5P/c1-52-19-53-35(13-45,14-46)30-31(38)28(29(34(49)50)32(39)33(30)40)27-23-9-7-20(47-15-36(41,42)16-47)11-25(23)54(51,22-5-3-2-4-6-22)26-12-21(8-10-24(26)27)48-17-37(43,44)18-48/h2-12H,15-19H2,1H3/p+1. The minimum Gasteiger partial charge on any atom is -0.478 e. The number of anilines is 1. The molecule has 0 aromatic heterocycles. The number of fused-ring (bicyclic) bond motifs is 2. The van der Waals surface area contributed by atoms with Gasteiger partial charge in [-0.3, -0.25) is 0 Å². The first-order chi connectivity index (χ1) is 25.5. The highest BCUT2D eigenvalue weighted by Gasteiger charge is 2.53. The molecule has 1 atom stereocenters. The summed E-state index contributed by atoms with van der Waals surface area (Å²) in [6.45, 7) is -3.73. The molecule has 2 saturated heterocycles. The van der Waals surface area contributed by atoms with E-state index in [0.717, 1.165) is 7.11 Å². The number of carboxylic acids is 1. The average Bonchev–Trinajstić information content (AvgIpc) is 3.13. The number of hydrogen-bond acceptors (Lipinski definition) is 7. The lowest BCUT2D eigenvalue weighted by Gasteiger charge is -2.41. The van der Waals surface area contributed by atoms with Crippen LogP contribution < -0.4 is 15.5 Å². The quantitative estimate of drug-likeness (QED) is 0.100. The zero-order valence-corrected chi connectivity index (χ0v) is 28.7. The summed E-state index contributed by atoms with van der Waals surface area (Å²) in [7, 11) is -3.19. The maximum absolute atomic E-state index is 17.3. The Morgan fingerprint density at radius 3 is 2.22 bits per heavy atom. The minimum atomic E-state index is -4.25. The topological polar surface area (TPSA) is 127 Å². The summed E-state index contributed by atoms with van der Waals surface area (Å²) >= 11 is 0. The molecule has 0 amide bonds. The number of aromatic carboxylic acids is 1. The third-order valence-corrected chi connectivity index (χ3v) is 12.7. The number of methoxy groups -OCH3 is 1. The van der Waals surface area contributed by atoms with E-state index in [1.165, 1.54) is 70.2 Å². The molecule has 54 heavy (non-hydrogen) atoms. The number of nitrogens with zero attached hydrogens (tertiary/aromatic N) is 4. The largest absolute Gasteiger partial charge is 0.478 e. The third-order valence-electron chi connectivity index (χ3n) is 9.56. The van der Waals surface area contributed by atoms with Gasteiger partial charge >= 0.3 is 11.9 Å². The van der Waals surface area contributed by atoms with Crippen LogP contribution in [0.2, 0.25) is 0 Å². The van der Waals surface area contributed by atoms with Gasteiger partial charge in [0, 0.05) is 52.0 Å². The monoisotopic (exact) mass is 769 g/mol. The van der Waals surface area contributed by atoms with Crippen LogP contribution in [0.4, 0.5) is 36.4 Å². The number of ether oxygens (including phenoxy) is 2. The highest BCUT2D eigenvalue weighted by molar-refractivity contribution is 7.83. The van der Waals surface area contributed by atoms with E-state index in [1.807, 2.05) is 0 Å². The molecule has 3 aromatic rings. The lowest BCUT2D eigenvalue weighted by Crippen LogP contribution is -2.56. The zero-order chi connectivity index (χ0) is 39.0. The zero-order valence-electron chi connectivity index (χ0n) is 27.8. The summed E-state index contributed by atoms with van der Waals surface area (Å²) in [5.41, 5.74) is -8.15. The van der Waals surface area contributed by atoms with Gasteiger partial charge in [0.1, 0.15) is 30.3 Å². The second kappa shape index (κ2) is 12.8. The number of rotatable bonds is 8. The van der Waals surface area contributed by atoms with Gasteiger partial charge < -0.3 is 24.0 Å². The van der Waals surface area contributed by atoms with E-state index in [0.29, 0.717) is 0 Å². The molecule has 0 spiro atoms. The second-order valence-corrected chi connectivity index (χ2v) is 15.7. The molecule has 2 fully saturated rings. The van der Waals surface area contributed by atoms with Gasteiger partial charge in [-0.25, -0.2) is 31.3 Å². The van der Waals surface area contributed by atoms with E-state index in [2.05, 4.69) is 0 Å². The molecule has 276 valence electrons.